The van der Waals surface area contributed by atoms with Crippen molar-refractivity contribution in [1.29, 1.82) is 0 Å². The Hall–Kier alpha value is -3.02. The molecule has 1 amide bonds. The number of hydrogen-bond donors (Lipinski definition) is 1. The number of para-hydroxylation sites is 1. The van der Waals surface area contributed by atoms with Crippen LogP contribution in [-0.2, 0) is 17.8 Å². The van der Waals surface area contributed by atoms with E-state index < -0.39 is 0 Å². The van der Waals surface area contributed by atoms with Crippen LogP contribution in [0, 0.1) is 12.7 Å². The van der Waals surface area contributed by atoms with Crippen LogP contribution in [0.5, 0.6) is 0 Å². The molecule has 0 spiro atoms. The molecule has 1 N–H and O–H groups in total. The summed E-state index contributed by atoms with van der Waals surface area (Å²) in [7, 11) is 0. The number of hydrogen-bond acceptors (Lipinski definition) is 3. The molecule has 2 aromatic carbocycles. The highest BCUT2D eigenvalue weighted by molar-refractivity contribution is 5.91. The first-order valence-corrected chi connectivity index (χ1v) is 8.04. The molecule has 0 aliphatic rings. The number of aryl methyl sites for hydroxylation is 2. The molecule has 0 radical (unpaired) electrons. The maximum absolute atomic E-state index is 13.2. The summed E-state index contributed by atoms with van der Waals surface area (Å²) >= 11 is 0. The highest BCUT2D eigenvalue weighted by Crippen LogP contribution is 2.16. The van der Waals surface area contributed by atoms with Gasteiger partial charge in [0.25, 0.3) is 5.56 Å². The molecule has 0 saturated carbocycles. The normalized spacial score (nSPS) is 10.8. The lowest BCUT2D eigenvalue weighted by Gasteiger charge is -2.13. The van der Waals surface area contributed by atoms with E-state index in [1.54, 1.807) is 25.1 Å². The predicted octanol–water partition coefficient (Wildman–Crippen LogP) is 3.05. The fraction of sp³-hybridized carbons (Fsp3) is 0.211. The summed E-state index contributed by atoms with van der Waals surface area (Å²) in [6.07, 6.45) is 0.531. The average molecular weight is 339 g/mol. The molecule has 0 saturated heterocycles. The number of rotatable bonds is 4. The van der Waals surface area contributed by atoms with E-state index in [1.165, 1.54) is 22.8 Å². The standard InChI is InChI=1S/C19H18FN3O2/c1-3-17-21-16-7-5-4-6-14(16)19(25)23(17)11-18(24)22-15-9-8-13(20)10-12(15)2/h4-10H,3,11H2,1-2H3,(H,22,24). The lowest BCUT2D eigenvalue weighted by atomic mass is 10.2. The molecular formula is C19H18FN3O2. The molecular weight excluding hydrogens is 321 g/mol. The molecule has 5 nitrogen and oxygen atoms in total. The van der Waals surface area contributed by atoms with E-state index in [0.717, 1.165) is 0 Å². The minimum absolute atomic E-state index is 0.142. The van der Waals surface area contributed by atoms with E-state index in [-0.39, 0.29) is 23.8 Å². The Bertz CT molecular complexity index is 1010. The maximum atomic E-state index is 13.2. The summed E-state index contributed by atoms with van der Waals surface area (Å²) < 4.78 is 14.6. The molecule has 0 atom stereocenters. The van der Waals surface area contributed by atoms with E-state index in [9.17, 15) is 14.0 Å². The Morgan fingerprint density at radius 2 is 2.00 bits per heavy atom. The first-order chi connectivity index (χ1) is 12.0. The van der Waals surface area contributed by atoms with Crippen molar-refractivity contribution in [1.82, 2.24) is 9.55 Å². The first-order valence-electron chi connectivity index (χ1n) is 8.04. The number of carbonyl (C=O) groups is 1. The quantitative estimate of drug-likeness (QED) is 0.795. The number of halogens is 1. The molecule has 1 aromatic heterocycles. The van der Waals surface area contributed by atoms with Crippen molar-refractivity contribution in [2.75, 3.05) is 5.32 Å². The van der Waals surface area contributed by atoms with Crippen molar-refractivity contribution in [2.24, 2.45) is 0 Å². The van der Waals surface area contributed by atoms with Gasteiger partial charge in [0.1, 0.15) is 18.2 Å². The van der Waals surface area contributed by atoms with E-state index in [2.05, 4.69) is 10.3 Å². The molecule has 25 heavy (non-hydrogen) atoms. The van der Waals surface area contributed by atoms with Crippen LogP contribution in [0.1, 0.15) is 18.3 Å². The van der Waals surface area contributed by atoms with Crippen molar-refractivity contribution in [2.45, 2.75) is 26.8 Å². The molecule has 128 valence electrons. The number of fused-ring (bicyclic) bond motifs is 1. The lowest BCUT2D eigenvalue weighted by Crippen LogP contribution is -2.31. The van der Waals surface area contributed by atoms with Crippen LogP contribution in [0.25, 0.3) is 10.9 Å². The fourth-order valence-electron chi connectivity index (χ4n) is 2.75. The van der Waals surface area contributed by atoms with E-state index in [1.807, 2.05) is 13.0 Å². The largest absolute Gasteiger partial charge is 0.324 e. The molecule has 0 bridgehead atoms. The van der Waals surface area contributed by atoms with E-state index >= 15 is 0 Å². The minimum atomic E-state index is -0.362. The Kier molecular flexibility index (Phi) is 4.61. The van der Waals surface area contributed by atoms with Crippen molar-refractivity contribution in [3.63, 3.8) is 0 Å². The molecule has 6 heteroatoms. The van der Waals surface area contributed by atoms with Crippen LogP contribution in [-0.4, -0.2) is 15.5 Å². The molecule has 0 unspecified atom stereocenters. The molecule has 3 aromatic rings. The lowest BCUT2D eigenvalue weighted by molar-refractivity contribution is -0.116. The Morgan fingerprint density at radius 3 is 2.72 bits per heavy atom. The van der Waals surface area contributed by atoms with Crippen LogP contribution in [0.4, 0.5) is 10.1 Å². The van der Waals surface area contributed by atoms with E-state index in [4.69, 9.17) is 0 Å². The third kappa shape index (κ3) is 3.42. The number of aromatic nitrogens is 2. The highest BCUT2D eigenvalue weighted by Gasteiger charge is 2.13. The number of amides is 1. The zero-order chi connectivity index (χ0) is 18.0. The molecule has 0 aliphatic carbocycles. The summed E-state index contributed by atoms with van der Waals surface area (Å²) in [4.78, 5) is 29.6. The number of benzene rings is 2. The maximum Gasteiger partial charge on any atom is 0.261 e. The topological polar surface area (TPSA) is 64.0 Å². The van der Waals surface area contributed by atoms with Gasteiger partial charge < -0.3 is 5.32 Å². The van der Waals surface area contributed by atoms with Gasteiger partial charge in [0.15, 0.2) is 0 Å². The monoisotopic (exact) mass is 339 g/mol. The van der Waals surface area contributed by atoms with Gasteiger partial charge in [-0.2, -0.15) is 0 Å². The van der Waals surface area contributed by atoms with Crippen molar-refractivity contribution in [3.8, 4) is 0 Å². The number of nitrogens with one attached hydrogen (secondary N) is 1. The summed E-state index contributed by atoms with van der Waals surface area (Å²) in [5, 5.41) is 3.20. The smallest absolute Gasteiger partial charge is 0.261 e. The first kappa shape index (κ1) is 16.8. The molecule has 1 heterocycles. The number of nitrogens with zero attached hydrogens (tertiary/aromatic N) is 2. The predicted molar refractivity (Wildman–Crippen MR) is 95.1 cm³/mol. The fourth-order valence-corrected chi connectivity index (χ4v) is 2.75. The van der Waals surface area contributed by atoms with Gasteiger partial charge in [-0.15, -0.1) is 0 Å². The summed E-state index contributed by atoms with van der Waals surface area (Å²) in [5.74, 6) is -0.169. The average Bonchev–Trinajstić information content (AvgIpc) is 2.59. The summed E-state index contributed by atoms with van der Waals surface area (Å²) in [6.45, 7) is 3.45. The second-order valence-corrected chi connectivity index (χ2v) is 5.80. The van der Waals surface area contributed by atoms with Gasteiger partial charge in [-0.25, -0.2) is 9.37 Å². The third-order valence-corrected chi connectivity index (χ3v) is 4.02. The second kappa shape index (κ2) is 6.84. The zero-order valence-corrected chi connectivity index (χ0v) is 14.0. The van der Waals surface area contributed by atoms with Gasteiger partial charge in [-0.3, -0.25) is 14.2 Å². The SMILES string of the molecule is CCc1nc2ccccc2c(=O)n1CC(=O)Nc1ccc(F)cc1C. The molecule has 0 fully saturated rings. The van der Waals surface area contributed by atoms with Gasteiger partial charge in [0.05, 0.1) is 10.9 Å². The molecule has 3 rings (SSSR count). The summed E-state index contributed by atoms with van der Waals surface area (Å²) in [6, 6.07) is 11.2. The van der Waals surface area contributed by atoms with E-state index in [0.29, 0.717) is 34.4 Å². The van der Waals surface area contributed by atoms with Crippen LogP contribution in [0.2, 0.25) is 0 Å². The van der Waals surface area contributed by atoms with Crippen molar-refractivity contribution < 1.29 is 9.18 Å². The van der Waals surface area contributed by atoms with Crippen LogP contribution in [0.3, 0.4) is 0 Å². The highest BCUT2D eigenvalue weighted by atomic mass is 19.1. The Morgan fingerprint density at radius 1 is 1.24 bits per heavy atom. The van der Waals surface area contributed by atoms with Crippen LogP contribution < -0.4 is 10.9 Å². The number of carbonyl (C=O) groups excluding carboxylic acids is 1. The zero-order valence-electron chi connectivity index (χ0n) is 14.0. The number of anilines is 1. The minimum Gasteiger partial charge on any atom is -0.324 e. The second-order valence-electron chi connectivity index (χ2n) is 5.80. The van der Waals surface area contributed by atoms with Crippen LogP contribution in [0.15, 0.2) is 47.3 Å². The van der Waals surface area contributed by atoms with Gasteiger partial charge in [-0.1, -0.05) is 19.1 Å². The summed E-state index contributed by atoms with van der Waals surface area (Å²) in [5.41, 5.74) is 1.52. The Labute approximate surface area is 144 Å². The Balaban J connectivity index is 1.93. The molecule has 0 aliphatic heterocycles. The van der Waals surface area contributed by atoms with Gasteiger partial charge in [0, 0.05) is 12.1 Å². The van der Waals surface area contributed by atoms with Crippen molar-refractivity contribution in [3.05, 3.63) is 70.0 Å². The van der Waals surface area contributed by atoms with Gasteiger partial charge in [-0.05, 0) is 42.8 Å². The van der Waals surface area contributed by atoms with Gasteiger partial charge >= 0.3 is 0 Å². The van der Waals surface area contributed by atoms with Crippen LogP contribution >= 0.6 is 0 Å². The third-order valence-electron chi connectivity index (χ3n) is 4.02. The van der Waals surface area contributed by atoms with Gasteiger partial charge in [0.2, 0.25) is 5.91 Å². The van der Waals surface area contributed by atoms with Crippen molar-refractivity contribution >= 4 is 22.5 Å².